The predicted molar refractivity (Wildman–Crippen MR) is 78.9 cm³/mol. The van der Waals surface area contributed by atoms with Crippen LogP contribution in [0.3, 0.4) is 0 Å². The third kappa shape index (κ3) is 2.69. The van der Waals surface area contributed by atoms with Crippen molar-refractivity contribution in [2.75, 3.05) is 5.32 Å². The lowest BCUT2D eigenvalue weighted by Crippen LogP contribution is -2.01. The van der Waals surface area contributed by atoms with Gasteiger partial charge in [-0.15, -0.1) is 5.10 Å². The largest absolute Gasteiger partial charge is 0.408 e. The highest BCUT2D eigenvalue weighted by atomic mass is 16.5. The lowest BCUT2D eigenvalue weighted by atomic mass is 10.1. The van der Waals surface area contributed by atoms with E-state index in [0.717, 1.165) is 5.69 Å². The fraction of sp³-hybridized carbons (Fsp3) is 0.133. The summed E-state index contributed by atoms with van der Waals surface area (Å²) in [6, 6.07) is 9.80. The molecule has 0 unspecified atom stereocenters. The van der Waals surface area contributed by atoms with Crippen molar-refractivity contribution < 1.29 is 9.53 Å². The van der Waals surface area contributed by atoms with E-state index in [9.17, 15) is 4.79 Å². The summed E-state index contributed by atoms with van der Waals surface area (Å²) in [5, 5.41) is 7.60. The van der Waals surface area contributed by atoms with Crippen molar-refractivity contribution >= 4 is 23.6 Å². The molecule has 0 amide bonds. The van der Waals surface area contributed by atoms with Gasteiger partial charge in [-0.1, -0.05) is 6.07 Å². The van der Waals surface area contributed by atoms with E-state index in [0.29, 0.717) is 17.9 Å². The summed E-state index contributed by atoms with van der Waals surface area (Å²) >= 11 is 0. The second-order valence-electron chi connectivity index (χ2n) is 4.80. The van der Waals surface area contributed by atoms with Crippen LogP contribution in [0.5, 0.6) is 5.88 Å². The average molecular weight is 282 g/mol. The number of imidazole rings is 1. The number of carbonyl (C=O) groups excluding carboxylic acids is 1. The molecule has 0 saturated heterocycles. The zero-order valence-corrected chi connectivity index (χ0v) is 11.7. The van der Waals surface area contributed by atoms with Crippen molar-refractivity contribution in [2.24, 2.45) is 0 Å². The van der Waals surface area contributed by atoms with Crippen LogP contribution in [0.1, 0.15) is 11.1 Å². The maximum atomic E-state index is 10.5. The molecule has 2 aromatic heterocycles. The van der Waals surface area contributed by atoms with E-state index in [-0.39, 0.29) is 5.88 Å². The van der Waals surface area contributed by atoms with Gasteiger partial charge in [0.05, 0.1) is 6.20 Å². The Labute approximate surface area is 121 Å². The summed E-state index contributed by atoms with van der Waals surface area (Å²) in [5.41, 5.74) is 3.91. The van der Waals surface area contributed by atoms with Crippen molar-refractivity contribution in [3.05, 3.63) is 47.7 Å². The van der Waals surface area contributed by atoms with Crippen LogP contribution >= 0.6 is 0 Å². The molecule has 1 aromatic carbocycles. The molecule has 0 fully saturated rings. The Hall–Kier alpha value is -2.89. The SMILES string of the molecule is Cc1cc(C)cc(Nc2ccc3ncc(OC=O)n3n2)c1. The van der Waals surface area contributed by atoms with Gasteiger partial charge in [0.25, 0.3) is 6.47 Å². The number of carbonyl (C=O) groups is 1. The molecule has 0 aliphatic heterocycles. The first-order chi connectivity index (χ1) is 10.2. The predicted octanol–water partition coefficient (Wildman–Crippen LogP) is 2.62. The molecular formula is C15H14N4O2. The molecule has 0 aliphatic carbocycles. The highest BCUT2D eigenvalue weighted by molar-refractivity contribution is 5.59. The zero-order valence-electron chi connectivity index (χ0n) is 11.7. The molecule has 0 bridgehead atoms. The van der Waals surface area contributed by atoms with Gasteiger partial charge in [0.15, 0.2) is 11.5 Å². The van der Waals surface area contributed by atoms with Crippen LogP contribution in [0.2, 0.25) is 0 Å². The molecule has 3 aromatic rings. The lowest BCUT2D eigenvalue weighted by molar-refractivity contribution is -0.121. The summed E-state index contributed by atoms with van der Waals surface area (Å²) in [5.74, 6) is 0.922. The number of hydrogen-bond donors (Lipinski definition) is 1. The molecule has 21 heavy (non-hydrogen) atoms. The molecule has 6 nitrogen and oxygen atoms in total. The number of anilines is 2. The van der Waals surface area contributed by atoms with E-state index in [2.05, 4.69) is 21.5 Å². The van der Waals surface area contributed by atoms with E-state index < -0.39 is 0 Å². The highest BCUT2D eigenvalue weighted by Gasteiger charge is 2.07. The van der Waals surface area contributed by atoms with Gasteiger partial charge in [-0.3, -0.25) is 4.79 Å². The maximum Gasteiger partial charge on any atom is 0.299 e. The van der Waals surface area contributed by atoms with Crippen LogP contribution in [-0.4, -0.2) is 21.1 Å². The van der Waals surface area contributed by atoms with Crippen LogP contribution in [0.25, 0.3) is 5.65 Å². The van der Waals surface area contributed by atoms with Crippen molar-refractivity contribution in [3.63, 3.8) is 0 Å². The number of rotatable bonds is 4. The lowest BCUT2D eigenvalue weighted by Gasteiger charge is -2.08. The Morgan fingerprint density at radius 3 is 2.67 bits per heavy atom. The number of nitrogens with one attached hydrogen (secondary N) is 1. The van der Waals surface area contributed by atoms with Crippen LogP contribution in [0.15, 0.2) is 36.5 Å². The summed E-state index contributed by atoms with van der Waals surface area (Å²) < 4.78 is 6.30. The number of aromatic nitrogens is 3. The molecule has 0 aliphatic rings. The molecule has 106 valence electrons. The quantitative estimate of drug-likeness (QED) is 0.745. The zero-order chi connectivity index (χ0) is 14.8. The number of nitrogens with zero attached hydrogens (tertiary/aromatic N) is 3. The minimum Gasteiger partial charge on any atom is -0.408 e. The van der Waals surface area contributed by atoms with Gasteiger partial charge in [0, 0.05) is 5.69 Å². The monoisotopic (exact) mass is 282 g/mol. The summed E-state index contributed by atoms with van der Waals surface area (Å²) in [6.45, 7) is 4.44. The van der Waals surface area contributed by atoms with Gasteiger partial charge in [0.1, 0.15) is 0 Å². The minimum absolute atomic E-state index is 0.282. The first-order valence-corrected chi connectivity index (χ1v) is 6.46. The van der Waals surface area contributed by atoms with Gasteiger partial charge in [-0.05, 0) is 49.2 Å². The molecule has 1 N–H and O–H groups in total. The number of benzene rings is 1. The second-order valence-corrected chi connectivity index (χ2v) is 4.80. The topological polar surface area (TPSA) is 68.5 Å². The van der Waals surface area contributed by atoms with E-state index in [1.807, 2.05) is 32.0 Å². The Bertz CT molecular complexity index is 790. The standard InChI is InChI=1S/C15H14N4O2/c1-10-5-11(2)7-12(6-10)17-13-3-4-14-16-8-15(21-9-20)19(14)18-13/h3-9H,1-2H3,(H,17,18). The van der Waals surface area contributed by atoms with Crippen LogP contribution in [-0.2, 0) is 4.79 Å². The molecule has 0 radical (unpaired) electrons. The van der Waals surface area contributed by atoms with Gasteiger partial charge in [-0.2, -0.15) is 4.52 Å². The van der Waals surface area contributed by atoms with E-state index in [1.165, 1.54) is 21.8 Å². The first kappa shape index (κ1) is 13.1. The third-order valence-electron chi connectivity index (χ3n) is 2.99. The van der Waals surface area contributed by atoms with E-state index >= 15 is 0 Å². The van der Waals surface area contributed by atoms with Crippen LogP contribution in [0, 0.1) is 13.8 Å². The maximum absolute atomic E-state index is 10.5. The normalized spacial score (nSPS) is 10.6. The van der Waals surface area contributed by atoms with Crippen molar-refractivity contribution in [1.29, 1.82) is 0 Å². The number of hydrogen-bond acceptors (Lipinski definition) is 5. The van der Waals surface area contributed by atoms with Gasteiger partial charge >= 0.3 is 0 Å². The van der Waals surface area contributed by atoms with Crippen molar-refractivity contribution in [1.82, 2.24) is 14.6 Å². The molecule has 6 heteroatoms. The Balaban J connectivity index is 1.96. The van der Waals surface area contributed by atoms with Crippen LogP contribution in [0.4, 0.5) is 11.5 Å². The van der Waals surface area contributed by atoms with E-state index in [1.54, 1.807) is 6.07 Å². The molecule has 0 atom stereocenters. The first-order valence-electron chi connectivity index (χ1n) is 6.46. The van der Waals surface area contributed by atoms with Crippen molar-refractivity contribution in [3.8, 4) is 5.88 Å². The third-order valence-corrected chi connectivity index (χ3v) is 2.99. The van der Waals surface area contributed by atoms with Crippen molar-refractivity contribution in [2.45, 2.75) is 13.8 Å². The molecule has 0 saturated carbocycles. The smallest absolute Gasteiger partial charge is 0.299 e. The molecule has 0 spiro atoms. The fourth-order valence-corrected chi connectivity index (χ4v) is 2.24. The van der Waals surface area contributed by atoms with E-state index in [4.69, 9.17) is 4.74 Å². The Kier molecular flexibility index (Phi) is 3.27. The number of ether oxygens (including phenoxy) is 1. The summed E-state index contributed by atoms with van der Waals surface area (Å²) in [6.07, 6.45) is 1.46. The fourth-order valence-electron chi connectivity index (χ4n) is 2.24. The summed E-state index contributed by atoms with van der Waals surface area (Å²) in [4.78, 5) is 14.6. The molecular weight excluding hydrogens is 268 g/mol. The summed E-state index contributed by atoms with van der Waals surface area (Å²) in [7, 11) is 0. The minimum atomic E-state index is 0.282. The van der Waals surface area contributed by atoms with Gasteiger partial charge < -0.3 is 10.1 Å². The second kappa shape index (κ2) is 5.24. The van der Waals surface area contributed by atoms with Gasteiger partial charge in [0.2, 0.25) is 5.88 Å². The highest BCUT2D eigenvalue weighted by Crippen LogP contribution is 2.20. The average Bonchev–Trinajstić information content (AvgIpc) is 2.81. The Morgan fingerprint density at radius 2 is 1.95 bits per heavy atom. The molecule has 3 rings (SSSR count). The van der Waals surface area contributed by atoms with Gasteiger partial charge in [-0.25, -0.2) is 4.98 Å². The van der Waals surface area contributed by atoms with Crippen LogP contribution < -0.4 is 10.1 Å². The number of aryl methyl sites for hydroxylation is 2. The number of fused-ring (bicyclic) bond motifs is 1. The Morgan fingerprint density at radius 1 is 1.19 bits per heavy atom. The molecule has 2 heterocycles.